The predicted octanol–water partition coefficient (Wildman–Crippen LogP) is 3.52. The first-order chi connectivity index (χ1) is 9.97. The number of hydrogen-bond acceptors (Lipinski definition) is 3. The molecule has 0 atom stereocenters. The zero-order chi connectivity index (χ0) is 15.1. The van der Waals surface area contributed by atoms with Crippen LogP contribution in [0.3, 0.4) is 0 Å². The van der Waals surface area contributed by atoms with Crippen LogP contribution in [0.5, 0.6) is 0 Å². The van der Waals surface area contributed by atoms with Crippen LogP contribution in [-0.4, -0.2) is 9.78 Å². The molecule has 0 radical (unpaired) electrons. The van der Waals surface area contributed by atoms with E-state index in [1.54, 1.807) is 13.1 Å². The summed E-state index contributed by atoms with van der Waals surface area (Å²) >= 11 is 0. The highest BCUT2D eigenvalue weighted by molar-refractivity contribution is 5.87. The highest BCUT2D eigenvalue weighted by atomic mass is 19.1. The maximum absolute atomic E-state index is 13.5. The van der Waals surface area contributed by atoms with Gasteiger partial charge in [-0.3, -0.25) is 4.68 Å². The van der Waals surface area contributed by atoms with Gasteiger partial charge in [0.1, 0.15) is 23.1 Å². The second-order valence-electron chi connectivity index (χ2n) is 4.82. The lowest BCUT2D eigenvalue weighted by molar-refractivity contribution is 0.576. The molecule has 1 aromatic carbocycles. The third-order valence-corrected chi connectivity index (χ3v) is 3.32. The van der Waals surface area contributed by atoms with E-state index >= 15 is 0 Å². The highest BCUT2D eigenvalue weighted by Gasteiger charge is 2.21. The molecule has 0 bridgehead atoms. The molecule has 2 aromatic heterocycles. The van der Waals surface area contributed by atoms with E-state index in [0.717, 1.165) is 11.6 Å². The van der Waals surface area contributed by atoms with Crippen LogP contribution in [-0.2, 0) is 7.05 Å². The van der Waals surface area contributed by atoms with E-state index in [9.17, 15) is 8.78 Å². The number of halogens is 2. The Labute approximate surface area is 119 Å². The van der Waals surface area contributed by atoms with Gasteiger partial charge in [-0.25, -0.2) is 8.78 Å². The molecule has 0 saturated heterocycles. The van der Waals surface area contributed by atoms with Crippen molar-refractivity contribution in [3.8, 4) is 22.6 Å². The van der Waals surface area contributed by atoms with Gasteiger partial charge >= 0.3 is 0 Å². The van der Waals surface area contributed by atoms with E-state index in [0.29, 0.717) is 28.4 Å². The van der Waals surface area contributed by atoms with Crippen LogP contribution in [0.2, 0.25) is 0 Å². The Morgan fingerprint density at radius 3 is 2.43 bits per heavy atom. The lowest BCUT2D eigenvalue weighted by Crippen LogP contribution is -1.98. The average molecular weight is 289 g/mol. The quantitative estimate of drug-likeness (QED) is 0.785. The summed E-state index contributed by atoms with van der Waals surface area (Å²) in [6.07, 6.45) is 1.53. The second-order valence-corrected chi connectivity index (χ2v) is 4.82. The second kappa shape index (κ2) is 4.73. The van der Waals surface area contributed by atoms with Gasteiger partial charge in [-0.15, -0.1) is 0 Å². The number of aryl methyl sites for hydroxylation is 2. The first-order valence-corrected chi connectivity index (χ1v) is 6.30. The molecule has 4 nitrogen and oxygen atoms in total. The number of furan rings is 1. The lowest BCUT2D eigenvalue weighted by atomic mass is 10.0. The summed E-state index contributed by atoms with van der Waals surface area (Å²) in [6.45, 7) is 1.86. The molecular weight excluding hydrogens is 276 g/mol. The van der Waals surface area contributed by atoms with Crippen molar-refractivity contribution in [3.05, 3.63) is 47.7 Å². The molecule has 0 amide bonds. The normalized spacial score (nSPS) is 11.0. The topological polar surface area (TPSA) is 57.0 Å². The molecule has 0 fully saturated rings. The van der Waals surface area contributed by atoms with E-state index in [2.05, 4.69) is 5.10 Å². The summed E-state index contributed by atoms with van der Waals surface area (Å²) in [5.41, 5.74) is 8.11. The fourth-order valence-electron chi connectivity index (χ4n) is 2.29. The van der Waals surface area contributed by atoms with E-state index < -0.39 is 11.6 Å². The minimum absolute atomic E-state index is 0.311. The molecule has 3 aromatic rings. The molecule has 0 aliphatic carbocycles. The van der Waals surface area contributed by atoms with Crippen molar-refractivity contribution < 1.29 is 13.2 Å². The Hall–Kier alpha value is -2.63. The van der Waals surface area contributed by atoms with Gasteiger partial charge in [0.05, 0.1) is 11.8 Å². The Morgan fingerprint density at radius 2 is 1.86 bits per heavy atom. The van der Waals surface area contributed by atoms with E-state index in [4.69, 9.17) is 10.2 Å². The first kappa shape index (κ1) is 13.4. The fourth-order valence-corrected chi connectivity index (χ4v) is 2.29. The third-order valence-electron chi connectivity index (χ3n) is 3.32. The van der Waals surface area contributed by atoms with Crippen molar-refractivity contribution in [2.45, 2.75) is 6.92 Å². The third kappa shape index (κ3) is 2.18. The highest BCUT2D eigenvalue weighted by Crippen LogP contribution is 2.37. The molecule has 6 heteroatoms. The van der Waals surface area contributed by atoms with Crippen LogP contribution in [0.25, 0.3) is 22.6 Å². The summed E-state index contributed by atoms with van der Waals surface area (Å²) in [4.78, 5) is 0. The minimum atomic E-state index is -0.671. The fraction of sp³-hybridized carbons (Fsp3) is 0.133. The van der Waals surface area contributed by atoms with Gasteiger partial charge in [0, 0.05) is 13.1 Å². The molecule has 2 heterocycles. The maximum Gasteiger partial charge on any atom is 0.157 e. The Morgan fingerprint density at radius 1 is 1.19 bits per heavy atom. The summed E-state index contributed by atoms with van der Waals surface area (Å²) in [6, 6.07) is 5.04. The Kier molecular flexibility index (Phi) is 3.01. The van der Waals surface area contributed by atoms with Crippen molar-refractivity contribution in [1.82, 2.24) is 9.78 Å². The summed E-state index contributed by atoms with van der Waals surface area (Å²) < 4.78 is 33.8. The van der Waals surface area contributed by atoms with Gasteiger partial charge in [0.25, 0.3) is 0 Å². The predicted molar refractivity (Wildman–Crippen MR) is 75.4 cm³/mol. The summed E-state index contributed by atoms with van der Waals surface area (Å²) in [5.74, 6) is -0.501. The van der Waals surface area contributed by atoms with Gasteiger partial charge < -0.3 is 10.2 Å². The van der Waals surface area contributed by atoms with Crippen LogP contribution in [0.15, 0.2) is 34.9 Å². The number of nitrogens with two attached hydrogens (primary N) is 1. The monoisotopic (exact) mass is 289 g/mol. The number of rotatable bonds is 2. The van der Waals surface area contributed by atoms with Gasteiger partial charge in [0.2, 0.25) is 0 Å². The number of nitrogen functional groups attached to an aromatic ring is 1. The van der Waals surface area contributed by atoms with Crippen molar-refractivity contribution in [2.75, 3.05) is 5.73 Å². The molecule has 3 rings (SSSR count). The zero-order valence-electron chi connectivity index (χ0n) is 11.5. The Balaban J connectivity index is 2.29. The van der Waals surface area contributed by atoms with Crippen LogP contribution in [0.4, 0.5) is 14.6 Å². The molecule has 2 N–H and O–H groups in total. The standard InChI is InChI=1S/C15H13F2N3O/c1-8-3-4-21-14(8)13-12(15(18)20(2)19-13)9-5-10(16)7-11(17)6-9/h3-7H,18H2,1-2H3. The molecule has 0 spiro atoms. The van der Waals surface area contributed by atoms with Crippen molar-refractivity contribution in [1.29, 1.82) is 0 Å². The lowest BCUT2D eigenvalue weighted by Gasteiger charge is -2.04. The van der Waals surface area contributed by atoms with Gasteiger partial charge in [-0.2, -0.15) is 5.10 Å². The molecule has 21 heavy (non-hydrogen) atoms. The van der Waals surface area contributed by atoms with Crippen molar-refractivity contribution in [3.63, 3.8) is 0 Å². The SMILES string of the molecule is Cc1ccoc1-c1nn(C)c(N)c1-c1cc(F)cc(F)c1. The minimum Gasteiger partial charge on any atom is -0.462 e. The first-order valence-electron chi connectivity index (χ1n) is 6.30. The average Bonchev–Trinajstić information content (AvgIpc) is 2.93. The number of benzene rings is 1. The van der Waals surface area contributed by atoms with Crippen LogP contribution < -0.4 is 5.73 Å². The maximum atomic E-state index is 13.5. The number of anilines is 1. The molecule has 0 saturated carbocycles. The molecule has 108 valence electrons. The molecule has 0 aliphatic heterocycles. The number of hydrogen-bond donors (Lipinski definition) is 1. The Bertz CT molecular complexity index is 800. The summed E-state index contributed by atoms with van der Waals surface area (Å²) in [7, 11) is 1.66. The van der Waals surface area contributed by atoms with Crippen LogP contribution >= 0.6 is 0 Å². The van der Waals surface area contributed by atoms with Crippen LogP contribution in [0.1, 0.15) is 5.56 Å². The molecule has 0 unspecified atom stereocenters. The van der Waals surface area contributed by atoms with E-state index in [-0.39, 0.29) is 0 Å². The smallest absolute Gasteiger partial charge is 0.157 e. The zero-order valence-corrected chi connectivity index (χ0v) is 11.5. The van der Waals surface area contributed by atoms with Gasteiger partial charge in [0.15, 0.2) is 5.76 Å². The van der Waals surface area contributed by atoms with Crippen molar-refractivity contribution >= 4 is 5.82 Å². The van der Waals surface area contributed by atoms with E-state index in [1.165, 1.54) is 23.1 Å². The van der Waals surface area contributed by atoms with Crippen LogP contribution in [0, 0.1) is 18.6 Å². The summed E-state index contributed by atoms with van der Waals surface area (Å²) in [5, 5.41) is 4.30. The number of aromatic nitrogens is 2. The molecule has 0 aliphatic rings. The largest absolute Gasteiger partial charge is 0.462 e. The molecular formula is C15H13F2N3O. The van der Waals surface area contributed by atoms with E-state index in [1.807, 2.05) is 6.92 Å². The van der Waals surface area contributed by atoms with Crippen molar-refractivity contribution in [2.24, 2.45) is 7.05 Å². The van der Waals surface area contributed by atoms with Gasteiger partial charge in [-0.05, 0) is 36.2 Å². The van der Waals surface area contributed by atoms with Gasteiger partial charge in [-0.1, -0.05) is 0 Å². The number of nitrogens with zero attached hydrogens (tertiary/aromatic N) is 2.